The summed E-state index contributed by atoms with van der Waals surface area (Å²) in [6, 6.07) is 7.66. The van der Waals surface area contributed by atoms with E-state index in [0.717, 1.165) is 18.4 Å². The molecule has 0 aliphatic carbocycles. The Bertz CT molecular complexity index is 519. The minimum absolute atomic E-state index is 0.113. The molecule has 2 heteroatoms. The summed E-state index contributed by atoms with van der Waals surface area (Å²) >= 11 is 0. The number of rotatable bonds is 16. The highest BCUT2D eigenvalue weighted by atomic mass is 16.5. The van der Waals surface area contributed by atoms with Gasteiger partial charge in [-0.1, -0.05) is 82.6 Å². The molecule has 0 aliphatic heterocycles. The van der Waals surface area contributed by atoms with Crippen molar-refractivity contribution in [2.24, 2.45) is 0 Å². The number of unbranched alkanes of at least 4 members (excludes halogenated alkanes) is 11. The fourth-order valence-corrected chi connectivity index (χ4v) is 3.20. The molecule has 0 fully saturated rings. The van der Waals surface area contributed by atoms with E-state index in [0.29, 0.717) is 12.2 Å². The molecule has 27 heavy (non-hydrogen) atoms. The van der Waals surface area contributed by atoms with E-state index in [1.54, 1.807) is 0 Å². The van der Waals surface area contributed by atoms with Gasteiger partial charge in [-0.3, -0.25) is 4.79 Å². The summed E-state index contributed by atoms with van der Waals surface area (Å²) in [6.45, 7) is 4.27. The van der Waals surface area contributed by atoms with Gasteiger partial charge in [0, 0.05) is 6.42 Å². The van der Waals surface area contributed by atoms with Gasteiger partial charge in [-0.05, 0) is 56.7 Å². The van der Waals surface area contributed by atoms with Crippen molar-refractivity contribution in [2.75, 3.05) is 0 Å². The number of aryl methyl sites for hydroxylation is 1. The van der Waals surface area contributed by atoms with E-state index < -0.39 is 0 Å². The monoisotopic (exact) mass is 372 g/mol. The molecule has 1 aromatic rings. The molecule has 0 atom stereocenters. The first kappa shape index (κ1) is 23.5. The summed E-state index contributed by atoms with van der Waals surface area (Å²) in [5.74, 6) is 0.547. The Labute approximate surface area is 167 Å². The van der Waals surface area contributed by atoms with E-state index in [9.17, 15) is 4.79 Å². The van der Waals surface area contributed by atoms with Crippen LogP contribution in [0.15, 0.2) is 36.4 Å². The van der Waals surface area contributed by atoms with E-state index in [4.69, 9.17) is 4.74 Å². The number of esters is 1. The first-order valence-corrected chi connectivity index (χ1v) is 11.1. The molecule has 1 rings (SSSR count). The Balaban J connectivity index is 1.87. The van der Waals surface area contributed by atoms with Crippen LogP contribution in [0.25, 0.3) is 0 Å². The van der Waals surface area contributed by atoms with Gasteiger partial charge in [-0.2, -0.15) is 0 Å². The molecule has 1 aromatic carbocycles. The van der Waals surface area contributed by atoms with Crippen LogP contribution < -0.4 is 4.74 Å². The molecule has 0 amide bonds. The highest BCUT2D eigenvalue weighted by molar-refractivity contribution is 5.72. The molecule has 0 N–H and O–H groups in total. The van der Waals surface area contributed by atoms with Crippen LogP contribution in [0.5, 0.6) is 5.75 Å². The van der Waals surface area contributed by atoms with Crippen LogP contribution in [-0.2, 0) is 4.79 Å². The van der Waals surface area contributed by atoms with Crippen LogP contribution in [0.1, 0.15) is 102 Å². The maximum Gasteiger partial charge on any atom is 0.311 e. The Morgan fingerprint density at radius 2 is 1.44 bits per heavy atom. The standard InChI is InChI=1S/C25H40O2/c1-3-4-5-6-7-8-9-10-11-12-13-14-15-16-17-21-25(26)27-24-20-18-19-23(2)22-24/h10-11,18-20,22H,3-9,12-17,21H2,1-2H3. The lowest BCUT2D eigenvalue weighted by Crippen LogP contribution is -2.07. The minimum atomic E-state index is -0.113. The Morgan fingerprint density at radius 3 is 2.07 bits per heavy atom. The maximum atomic E-state index is 11.8. The number of hydrogen-bond donors (Lipinski definition) is 0. The average molecular weight is 373 g/mol. The minimum Gasteiger partial charge on any atom is -0.427 e. The van der Waals surface area contributed by atoms with E-state index in [2.05, 4.69) is 19.1 Å². The van der Waals surface area contributed by atoms with Gasteiger partial charge in [0.15, 0.2) is 0 Å². The van der Waals surface area contributed by atoms with Crippen molar-refractivity contribution >= 4 is 5.97 Å². The van der Waals surface area contributed by atoms with E-state index >= 15 is 0 Å². The van der Waals surface area contributed by atoms with Crippen LogP contribution in [0.2, 0.25) is 0 Å². The van der Waals surface area contributed by atoms with E-state index in [1.807, 2.05) is 31.2 Å². The van der Waals surface area contributed by atoms with Crippen LogP contribution in [-0.4, -0.2) is 5.97 Å². The summed E-state index contributed by atoms with van der Waals surface area (Å²) < 4.78 is 5.37. The molecule has 0 aromatic heterocycles. The first-order chi connectivity index (χ1) is 13.2. The molecule has 0 unspecified atom stereocenters. The van der Waals surface area contributed by atoms with Gasteiger partial charge in [0.25, 0.3) is 0 Å². The molecule has 0 saturated heterocycles. The van der Waals surface area contributed by atoms with Crippen molar-refractivity contribution in [1.29, 1.82) is 0 Å². The van der Waals surface area contributed by atoms with Crippen LogP contribution >= 0.6 is 0 Å². The largest absolute Gasteiger partial charge is 0.427 e. The summed E-state index contributed by atoms with van der Waals surface area (Å²) in [4.78, 5) is 11.8. The normalized spacial score (nSPS) is 11.2. The number of carbonyl (C=O) groups is 1. The summed E-state index contributed by atoms with van der Waals surface area (Å²) in [5, 5.41) is 0. The van der Waals surface area contributed by atoms with Gasteiger partial charge in [-0.25, -0.2) is 0 Å². The van der Waals surface area contributed by atoms with Gasteiger partial charge in [0.1, 0.15) is 5.75 Å². The predicted molar refractivity (Wildman–Crippen MR) is 116 cm³/mol. The zero-order chi connectivity index (χ0) is 19.6. The van der Waals surface area contributed by atoms with Gasteiger partial charge in [0.05, 0.1) is 0 Å². The van der Waals surface area contributed by atoms with Crippen LogP contribution in [0.4, 0.5) is 0 Å². The number of hydrogen-bond acceptors (Lipinski definition) is 2. The topological polar surface area (TPSA) is 26.3 Å². The quantitative estimate of drug-likeness (QED) is 0.127. The summed E-state index contributed by atoms with van der Waals surface area (Å²) in [6.07, 6.45) is 21.7. The molecular formula is C25H40O2. The van der Waals surface area contributed by atoms with Crippen molar-refractivity contribution in [2.45, 2.75) is 104 Å². The average Bonchev–Trinajstić information content (AvgIpc) is 2.65. The molecule has 0 radical (unpaired) electrons. The van der Waals surface area contributed by atoms with Crippen molar-refractivity contribution in [3.05, 3.63) is 42.0 Å². The predicted octanol–water partition coefficient (Wildman–Crippen LogP) is 7.94. The van der Waals surface area contributed by atoms with Crippen LogP contribution in [0.3, 0.4) is 0 Å². The highest BCUT2D eigenvalue weighted by Crippen LogP contribution is 2.14. The number of allylic oxidation sites excluding steroid dienone is 2. The molecule has 0 bridgehead atoms. The molecule has 152 valence electrons. The second-order valence-electron chi connectivity index (χ2n) is 7.62. The van der Waals surface area contributed by atoms with Gasteiger partial charge in [-0.15, -0.1) is 0 Å². The lowest BCUT2D eigenvalue weighted by atomic mass is 10.1. The van der Waals surface area contributed by atoms with E-state index in [1.165, 1.54) is 70.6 Å². The third-order valence-corrected chi connectivity index (χ3v) is 4.86. The van der Waals surface area contributed by atoms with Crippen molar-refractivity contribution in [3.8, 4) is 5.75 Å². The lowest BCUT2D eigenvalue weighted by Gasteiger charge is -2.05. The Kier molecular flexibility index (Phi) is 14.4. The van der Waals surface area contributed by atoms with E-state index in [-0.39, 0.29) is 5.97 Å². The molecular weight excluding hydrogens is 332 g/mol. The fourth-order valence-electron chi connectivity index (χ4n) is 3.20. The van der Waals surface area contributed by atoms with Gasteiger partial charge < -0.3 is 4.74 Å². The number of benzene rings is 1. The molecule has 0 aliphatic rings. The molecule has 0 saturated carbocycles. The highest BCUT2D eigenvalue weighted by Gasteiger charge is 2.04. The summed E-state index contributed by atoms with van der Waals surface area (Å²) in [5.41, 5.74) is 1.11. The second kappa shape index (κ2) is 16.6. The lowest BCUT2D eigenvalue weighted by molar-refractivity contribution is -0.134. The SMILES string of the molecule is CCCCCCCCC=CCCCCCCCC(=O)Oc1cccc(C)c1. The van der Waals surface area contributed by atoms with Crippen molar-refractivity contribution in [1.82, 2.24) is 0 Å². The Morgan fingerprint density at radius 1 is 0.852 bits per heavy atom. The molecule has 2 nitrogen and oxygen atoms in total. The summed E-state index contributed by atoms with van der Waals surface area (Å²) in [7, 11) is 0. The zero-order valence-corrected chi connectivity index (χ0v) is 17.7. The third kappa shape index (κ3) is 14.2. The second-order valence-corrected chi connectivity index (χ2v) is 7.62. The van der Waals surface area contributed by atoms with Gasteiger partial charge in [0.2, 0.25) is 0 Å². The van der Waals surface area contributed by atoms with Crippen molar-refractivity contribution in [3.63, 3.8) is 0 Å². The fraction of sp³-hybridized carbons (Fsp3) is 0.640. The molecule has 0 spiro atoms. The maximum absolute atomic E-state index is 11.8. The number of ether oxygens (including phenoxy) is 1. The number of carbonyl (C=O) groups excluding carboxylic acids is 1. The Hall–Kier alpha value is -1.57. The van der Waals surface area contributed by atoms with Crippen molar-refractivity contribution < 1.29 is 9.53 Å². The van der Waals surface area contributed by atoms with Crippen LogP contribution in [0, 0.1) is 6.92 Å². The smallest absolute Gasteiger partial charge is 0.311 e. The third-order valence-electron chi connectivity index (χ3n) is 4.86. The first-order valence-electron chi connectivity index (χ1n) is 11.1. The molecule has 0 heterocycles. The zero-order valence-electron chi connectivity index (χ0n) is 17.7. The van der Waals surface area contributed by atoms with Gasteiger partial charge >= 0.3 is 5.97 Å².